The Balaban J connectivity index is 0.000000364. The molecule has 0 aliphatic carbocycles. The number of benzene rings is 1. The Hall–Kier alpha value is -3.35. The SMILES string of the molecule is CC(C)NC(=O)c1nnc2n1CC1CN(Cc3ccc4c(c3)OCO4)CC1C2.O=C(O)C(F)(F)F. The van der Waals surface area contributed by atoms with Crippen molar-refractivity contribution in [2.75, 3.05) is 19.9 Å². The van der Waals surface area contributed by atoms with Gasteiger partial charge in [0.25, 0.3) is 5.91 Å². The van der Waals surface area contributed by atoms with E-state index in [1.807, 2.05) is 24.5 Å². The fourth-order valence-corrected chi connectivity index (χ4v) is 4.54. The van der Waals surface area contributed by atoms with Gasteiger partial charge < -0.3 is 24.5 Å². The molecule has 2 aromatic rings. The van der Waals surface area contributed by atoms with Crippen LogP contribution in [0.4, 0.5) is 13.2 Å². The number of rotatable bonds is 4. The number of carboxylic acid groups (broad SMARTS) is 1. The number of carboxylic acids is 1. The quantitative estimate of drug-likeness (QED) is 0.659. The second-order valence-corrected chi connectivity index (χ2v) is 9.09. The van der Waals surface area contributed by atoms with E-state index in [1.165, 1.54) is 5.56 Å². The lowest BCUT2D eigenvalue weighted by atomic mass is 9.89. The molecule has 0 bridgehead atoms. The van der Waals surface area contributed by atoms with Crippen LogP contribution in [0.5, 0.6) is 11.5 Å². The number of alkyl halides is 3. The molecule has 1 saturated heterocycles. The van der Waals surface area contributed by atoms with Crippen molar-refractivity contribution in [1.29, 1.82) is 0 Å². The minimum Gasteiger partial charge on any atom is -0.475 e. The summed E-state index contributed by atoms with van der Waals surface area (Å²) in [5.74, 6) is 1.21. The molecule has 2 unspecified atom stereocenters. The van der Waals surface area contributed by atoms with Gasteiger partial charge >= 0.3 is 12.1 Å². The maximum absolute atomic E-state index is 12.4. The predicted octanol–water partition coefficient (Wildman–Crippen LogP) is 2.08. The summed E-state index contributed by atoms with van der Waals surface area (Å²) in [5.41, 5.74) is 1.24. The Morgan fingerprint density at radius 1 is 1.14 bits per heavy atom. The Labute approximate surface area is 199 Å². The lowest BCUT2D eigenvalue weighted by molar-refractivity contribution is -0.192. The van der Waals surface area contributed by atoms with E-state index >= 15 is 0 Å². The highest BCUT2D eigenvalue weighted by Gasteiger charge is 2.39. The number of aromatic nitrogens is 3. The summed E-state index contributed by atoms with van der Waals surface area (Å²) in [5, 5.41) is 18.5. The molecule has 1 fully saturated rings. The van der Waals surface area contributed by atoms with Gasteiger partial charge in [0.2, 0.25) is 12.6 Å². The molecule has 1 amide bonds. The first-order valence-corrected chi connectivity index (χ1v) is 11.1. The van der Waals surface area contributed by atoms with Crippen LogP contribution in [0.3, 0.4) is 0 Å². The zero-order valence-corrected chi connectivity index (χ0v) is 19.2. The molecule has 10 nitrogen and oxygen atoms in total. The van der Waals surface area contributed by atoms with Crippen LogP contribution in [-0.2, 0) is 24.3 Å². The molecule has 0 saturated carbocycles. The smallest absolute Gasteiger partial charge is 0.475 e. The number of aliphatic carboxylic acids is 1. The number of carbonyl (C=O) groups is 2. The van der Waals surface area contributed by atoms with Crippen molar-refractivity contribution in [1.82, 2.24) is 25.0 Å². The van der Waals surface area contributed by atoms with Crippen molar-refractivity contribution < 1.29 is 37.3 Å². The largest absolute Gasteiger partial charge is 0.490 e. The van der Waals surface area contributed by atoms with Crippen LogP contribution >= 0.6 is 0 Å². The summed E-state index contributed by atoms with van der Waals surface area (Å²) in [6.45, 7) is 7.97. The topological polar surface area (TPSA) is 119 Å². The third kappa shape index (κ3) is 5.66. The van der Waals surface area contributed by atoms with Crippen LogP contribution in [0.1, 0.15) is 35.9 Å². The van der Waals surface area contributed by atoms with Crippen molar-refractivity contribution >= 4 is 11.9 Å². The lowest BCUT2D eigenvalue weighted by Crippen LogP contribution is -2.35. The van der Waals surface area contributed by atoms with Gasteiger partial charge in [-0.2, -0.15) is 13.2 Å². The van der Waals surface area contributed by atoms with Crippen molar-refractivity contribution in [3.05, 3.63) is 35.4 Å². The monoisotopic (exact) mass is 497 g/mol. The number of fused-ring (bicyclic) bond motifs is 3. The third-order valence-corrected chi connectivity index (χ3v) is 6.05. The average Bonchev–Trinajstić information content (AvgIpc) is 3.48. The lowest BCUT2D eigenvalue weighted by Gasteiger charge is -2.25. The van der Waals surface area contributed by atoms with E-state index in [9.17, 15) is 18.0 Å². The van der Waals surface area contributed by atoms with Gasteiger partial charge in [-0.1, -0.05) is 6.07 Å². The molecule has 4 heterocycles. The number of halogens is 3. The minimum absolute atomic E-state index is 0.0838. The molecular formula is C22H26F3N5O5. The molecule has 0 spiro atoms. The molecule has 5 rings (SSSR count). The maximum Gasteiger partial charge on any atom is 0.490 e. The number of carbonyl (C=O) groups excluding carboxylic acids is 1. The fourth-order valence-electron chi connectivity index (χ4n) is 4.54. The van der Waals surface area contributed by atoms with Gasteiger partial charge in [0.05, 0.1) is 0 Å². The number of ether oxygens (including phenoxy) is 2. The second-order valence-electron chi connectivity index (χ2n) is 9.09. The van der Waals surface area contributed by atoms with E-state index in [2.05, 4.69) is 32.5 Å². The highest BCUT2D eigenvalue weighted by Crippen LogP contribution is 2.36. The van der Waals surface area contributed by atoms with E-state index in [0.717, 1.165) is 49.9 Å². The molecule has 2 atom stereocenters. The van der Waals surface area contributed by atoms with E-state index in [-0.39, 0.29) is 11.9 Å². The number of nitrogens with zero attached hydrogens (tertiary/aromatic N) is 4. The summed E-state index contributed by atoms with van der Waals surface area (Å²) in [6, 6.07) is 6.26. The highest BCUT2D eigenvalue weighted by atomic mass is 19.4. The Kier molecular flexibility index (Phi) is 6.88. The molecule has 1 aromatic heterocycles. The molecule has 190 valence electrons. The van der Waals surface area contributed by atoms with Gasteiger partial charge in [-0.3, -0.25) is 9.69 Å². The van der Waals surface area contributed by atoms with Gasteiger partial charge in [0.1, 0.15) is 5.82 Å². The standard InChI is InChI=1S/C20H25N5O3.C2HF3O2/c1-12(2)21-20(26)19-23-22-18-6-14-8-24(9-15(14)10-25(18)19)7-13-3-4-16-17(5-13)28-11-27-16;3-2(4,5)1(6)7/h3-5,12,14-15H,6-11H2,1-2H3,(H,21,26);(H,6,7). The summed E-state index contributed by atoms with van der Waals surface area (Å²) in [7, 11) is 0. The van der Waals surface area contributed by atoms with Gasteiger partial charge in [-0.15, -0.1) is 10.2 Å². The summed E-state index contributed by atoms with van der Waals surface area (Å²) >= 11 is 0. The van der Waals surface area contributed by atoms with Crippen LogP contribution in [0.25, 0.3) is 0 Å². The number of hydrogen-bond donors (Lipinski definition) is 2. The summed E-state index contributed by atoms with van der Waals surface area (Å²) < 4.78 is 44.6. The molecule has 0 radical (unpaired) electrons. The van der Waals surface area contributed by atoms with Gasteiger partial charge in [-0.25, -0.2) is 4.79 Å². The molecule has 3 aliphatic rings. The Morgan fingerprint density at radius 2 is 1.83 bits per heavy atom. The summed E-state index contributed by atoms with van der Waals surface area (Å²) in [4.78, 5) is 23.8. The number of nitrogens with one attached hydrogen (secondary N) is 1. The van der Waals surface area contributed by atoms with Crippen molar-refractivity contribution in [2.45, 2.75) is 45.6 Å². The first kappa shape index (κ1) is 24.8. The Morgan fingerprint density at radius 3 is 2.51 bits per heavy atom. The van der Waals surface area contributed by atoms with E-state index in [0.29, 0.717) is 24.5 Å². The normalized spacial score (nSPS) is 20.6. The van der Waals surface area contributed by atoms with E-state index in [4.69, 9.17) is 19.4 Å². The van der Waals surface area contributed by atoms with Gasteiger partial charge in [0, 0.05) is 38.6 Å². The van der Waals surface area contributed by atoms with Crippen molar-refractivity contribution in [3.8, 4) is 11.5 Å². The first-order chi connectivity index (χ1) is 16.5. The zero-order valence-electron chi connectivity index (χ0n) is 19.2. The number of likely N-dealkylation sites (tertiary alicyclic amines) is 1. The van der Waals surface area contributed by atoms with Crippen LogP contribution < -0.4 is 14.8 Å². The molecule has 2 N–H and O–H groups in total. The molecule has 13 heteroatoms. The van der Waals surface area contributed by atoms with Crippen LogP contribution in [0, 0.1) is 11.8 Å². The van der Waals surface area contributed by atoms with Gasteiger partial charge in [0.15, 0.2) is 11.5 Å². The summed E-state index contributed by atoms with van der Waals surface area (Å²) in [6.07, 6.45) is -4.20. The van der Waals surface area contributed by atoms with Crippen molar-refractivity contribution in [3.63, 3.8) is 0 Å². The molecule has 1 aromatic carbocycles. The zero-order chi connectivity index (χ0) is 25.3. The van der Waals surface area contributed by atoms with Crippen LogP contribution in [0.2, 0.25) is 0 Å². The van der Waals surface area contributed by atoms with Crippen LogP contribution in [-0.4, -0.2) is 68.7 Å². The van der Waals surface area contributed by atoms with Crippen molar-refractivity contribution in [2.24, 2.45) is 11.8 Å². The van der Waals surface area contributed by atoms with E-state index in [1.54, 1.807) is 0 Å². The van der Waals surface area contributed by atoms with Gasteiger partial charge in [-0.05, 0) is 43.4 Å². The highest BCUT2D eigenvalue weighted by molar-refractivity contribution is 5.90. The predicted molar refractivity (Wildman–Crippen MR) is 115 cm³/mol. The molecule has 35 heavy (non-hydrogen) atoms. The third-order valence-electron chi connectivity index (χ3n) is 6.05. The Bertz CT molecular complexity index is 1100. The molecular weight excluding hydrogens is 471 g/mol. The van der Waals surface area contributed by atoms with E-state index < -0.39 is 12.1 Å². The van der Waals surface area contributed by atoms with Crippen LogP contribution in [0.15, 0.2) is 18.2 Å². The number of hydrogen-bond acceptors (Lipinski definition) is 7. The minimum atomic E-state index is -5.08. The molecule has 3 aliphatic heterocycles. The maximum atomic E-state index is 12.4. The average molecular weight is 497 g/mol. The fraction of sp³-hybridized carbons (Fsp3) is 0.545. The first-order valence-electron chi connectivity index (χ1n) is 11.1. The second kappa shape index (κ2) is 9.72. The number of amides is 1.